The van der Waals surface area contributed by atoms with Crippen LogP contribution in [0.2, 0.25) is 0 Å². The molecule has 0 radical (unpaired) electrons. The number of hydrogen-bond acceptors (Lipinski definition) is 2. The van der Waals surface area contributed by atoms with E-state index >= 15 is 0 Å². The Morgan fingerprint density at radius 1 is 1.88 bits per heavy atom. The zero-order chi connectivity index (χ0) is 6.15. The predicted octanol–water partition coefficient (Wildman–Crippen LogP) is -0.887. The maximum Gasteiger partial charge on any atom is 0.225 e. The molecule has 3 heteroatoms. The number of aliphatic hydroxyl groups is 1. The van der Waals surface area contributed by atoms with Crippen LogP contribution in [-0.4, -0.2) is 23.7 Å². The van der Waals surface area contributed by atoms with Crippen molar-refractivity contribution < 1.29 is 9.90 Å². The van der Waals surface area contributed by atoms with Gasteiger partial charge in [-0.05, 0) is 0 Å². The van der Waals surface area contributed by atoms with E-state index in [0.717, 1.165) is 0 Å². The van der Waals surface area contributed by atoms with Crippen LogP contribution in [0.3, 0.4) is 0 Å². The van der Waals surface area contributed by atoms with Gasteiger partial charge in [0, 0.05) is 6.54 Å². The SMILES string of the molecule is C[C@@H]1C(=O)NCC1O. The van der Waals surface area contributed by atoms with E-state index in [-0.39, 0.29) is 11.8 Å². The third-order valence-electron chi connectivity index (χ3n) is 1.48. The van der Waals surface area contributed by atoms with Crippen LogP contribution in [-0.2, 0) is 4.79 Å². The zero-order valence-corrected chi connectivity index (χ0v) is 4.72. The minimum atomic E-state index is -0.470. The third kappa shape index (κ3) is 0.690. The van der Waals surface area contributed by atoms with E-state index in [1.807, 2.05) is 0 Å². The maximum atomic E-state index is 10.5. The molecule has 1 fully saturated rings. The molecule has 1 amide bonds. The number of carbonyl (C=O) groups is 1. The Hall–Kier alpha value is -0.570. The fourth-order valence-electron chi connectivity index (χ4n) is 0.718. The summed E-state index contributed by atoms with van der Waals surface area (Å²) in [5.74, 6) is -0.257. The average molecular weight is 115 g/mol. The number of hydrogen-bond donors (Lipinski definition) is 2. The second-order valence-corrected chi connectivity index (χ2v) is 2.10. The molecule has 8 heavy (non-hydrogen) atoms. The lowest BCUT2D eigenvalue weighted by molar-refractivity contribution is -0.123. The molecule has 2 N–H and O–H groups in total. The second kappa shape index (κ2) is 1.74. The Morgan fingerprint density at radius 3 is 2.62 bits per heavy atom. The molecule has 0 spiro atoms. The largest absolute Gasteiger partial charge is 0.390 e. The van der Waals surface area contributed by atoms with Gasteiger partial charge in [-0.1, -0.05) is 6.92 Å². The lowest BCUT2D eigenvalue weighted by Crippen LogP contribution is -2.17. The summed E-state index contributed by atoms with van der Waals surface area (Å²) < 4.78 is 0. The number of carbonyl (C=O) groups excluding carboxylic acids is 1. The maximum absolute atomic E-state index is 10.5. The summed E-state index contributed by atoms with van der Waals surface area (Å²) in [6.45, 7) is 2.13. The Bertz CT molecular complexity index is 113. The summed E-state index contributed by atoms with van der Waals surface area (Å²) in [4.78, 5) is 10.5. The summed E-state index contributed by atoms with van der Waals surface area (Å²) in [5.41, 5.74) is 0. The van der Waals surface area contributed by atoms with E-state index in [9.17, 15) is 4.79 Å². The summed E-state index contributed by atoms with van der Waals surface area (Å²) in [5, 5.41) is 11.4. The number of amides is 1. The Morgan fingerprint density at radius 2 is 2.50 bits per heavy atom. The van der Waals surface area contributed by atoms with Gasteiger partial charge < -0.3 is 10.4 Å². The first-order chi connectivity index (χ1) is 3.72. The van der Waals surface area contributed by atoms with Crippen molar-refractivity contribution >= 4 is 5.91 Å². The fraction of sp³-hybridized carbons (Fsp3) is 0.800. The summed E-state index contributed by atoms with van der Waals surface area (Å²) >= 11 is 0. The van der Waals surface area contributed by atoms with Crippen LogP contribution >= 0.6 is 0 Å². The van der Waals surface area contributed by atoms with Gasteiger partial charge in [0.1, 0.15) is 0 Å². The van der Waals surface area contributed by atoms with E-state index in [4.69, 9.17) is 5.11 Å². The number of aliphatic hydroxyl groups excluding tert-OH is 1. The highest BCUT2D eigenvalue weighted by atomic mass is 16.3. The number of nitrogens with one attached hydrogen (secondary N) is 1. The molecule has 1 aliphatic heterocycles. The molecule has 0 bridgehead atoms. The molecular weight excluding hydrogens is 106 g/mol. The molecule has 1 saturated heterocycles. The van der Waals surface area contributed by atoms with E-state index < -0.39 is 6.10 Å². The van der Waals surface area contributed by atoms with Gasteiger partial charge in [0.15, 0.2) is 0 Å². The highest BCUT2D eigenvalue weighted by Crippen LogP contribution is 2.07. The van der Waals surface area contributed by atoms with Crippen LogP contribution in [0.5, 0.6) is 0 Å². The van der Waals surface area contributed by atoms with Gasteiger partial charge in [0.2, 0.25) is 5.91 Å². The number of β-amino-alcohol motifs (C(OH)–C–C–N with tert-alkyl or cyclic N) is 1. The molecule has 0 aromatic heterocycles. The first-order valence-electron chi connectivity index (χ1n) is 2.67. The van der Waals surface area contributed by atoms with Crippen molar-refractivity contribution in [3.8, 4) is 0 Å². The van der Waals surface area contributed by atoms with Crippen LogP contribution in [0.4, 0.5) is 0 Å². The number of rotatable bonds is 0. The van der Waals surface area contributed by atoms with Crippen molar-refractivity contribution in [2.24, 2.45) is 5.92 Å². The standard InChI is InChI=1S/C5H9NO2/c1-3-4(7)2-6-5(3)8/h3-4,7H,2H2,1H3,(H,6,8)/t3-,4?/m0/s1. The molecule has 0 aromatic rings. The van der Waals surface area contributed by atoms with Gasteiger partial charge in [0.25, 0.3) is 0 Å². The van der Waals surface area contributed by atoms with Gasteiger partial charge in [-0.3, -0.25) is 4.79 Å². The third-order valence-corrected chi connectivity index (χ3v) is 1.48. The van der Waals surface area contributed by atoms with Crippen molar-refractivity contribution in [2.45, 2.75) is 13.0 Å². The molecule has 0 aromatic carbocycles. The van der Waals surface area contributed by atoms with Crippen LogP contribution < -0.4 is 5.32 Å². The minimum absolute atomic E-state index is 0.0440. The Kier molecular flexibility index (Phi) is 1.21. The van der Waals surface area contributed by atoms with Crippen LogP contribution in [0.15, 0.2) is 0 Å². The topological polar surface area (TPSA) is 49.3 Å². The van der Waals surface area contributed by atoms with Gasteiger partial charge >= 0.3 is 0 Å². The van der Waals surface area contributed by atoms with Crippen molar-refractivity contribution in [3.05, 3.63) is 0 Å². The minimum Gasteiger partial charge on any atom is -0.390 e. The van der Waals surface area contributed by atoms with Gasteiger partial charge in [-0.15, -0.1) is 0 Å². The van der Waals surface area contributed by atoms with E-state index in [1.54, 1.807) is 6.92 Å². The molecule has 1 aliphatic rings. The van der Waals surface area contributed by atoms with Crippen molar-refractivity contribution in [2.75, 3.05) is 6.54 Å². The molecular formula is C5H9NO2. The molecule has 46 valence electrons. The molecule has 0 saturated carbocycles. The average Bonchev–Trinajstić information content (AvgIpc) is 1.98. The molecule has 3 nitrogen and oxygen atoms in total. The van der Waals surface area contributed by atoms with Gasteiger partial charge in [-0.25, -0.2) is 0 Å². The molecule has 1 unspecified atom stereocenters. The Balaban J connectivity index is 2.56. The molecule has 0 aliphatic carbocycles. The van der Waals surface area contributed by atoms with Crippen molar-refractivity contribution in [1.29, 1.82) is 0 Å². The quantitative estimate of drug-likeness (QED) is 0.430. The monoisotopic (exact) mass is 115 g/mol. The lowest BCUT2D eigenvalue weighted by Gasteiger charge is -2.00. The molecule has 1 heterocycles. The zero-order valence-electron chi connectivity index (χ0n) is 4.72. The van der Waals surface area contributed by atoms with Crippen LogP contribution in [0.1, 0.15) is 6.92 Å². The van der Waals surface area contributed by atoms with Crippen LogP contribution in [0, 0.1) is 5.92 Å². The Labute approximate surface area is 47.7 Å². The normalized spacial score (nSPS) is 37.5. The van der Waals surface area contributed by atoms with Gasteiger partial charge in [-0.2, -0.15) is 0 Å². The van der Waals surface area contributed by atoms with E-state index in [0.29, 0.717) is 6.54 Å². The first kappa shape index (κ1) is 5.56. The highest BCUT2D eigenvalue weighted by molar-refractivity contribution is 5.81. The van der Waals surface area contributed by atoms with E-state index in [1.165, 1.54) is 0 Å². The first-order valence-corrected chi connectivity index (χ1v) is 2.67. The predicted molar refractivity (Wildman–Crippen MR) is 28.2 cm³/mol. The van der Waals surface area contributed by atoms with Crippen molar-refractivity contribution in [3.63, 3.8) is 0 Å². The molecule has 1 rings (SSSR count). The molecule has 2 atom stereocenters. The smallest absolute Gasteiger partial charge is 0.225 e. The summed E-state index contributed by atoms with van der Waals surface area (Å²) in [6.07, 6.45) is -0.470. The fourth-order valence-corrected chi connectivity index (χ4v) is 0.718. The summed E-state index contributed by atoms with van der Waals surface area (Å²) in [6, 6.07) is 0. The lowest BCUT2D eigenvalue weighted by atomic mass is 10.1. The second-order valence-electron chi connectivity index (χ2n) is 2.10. The van der Waals surface area contributed by atoms with Crippen molar-refractivity contribution in [1.82, 2.24) is 5.32 Å². The van der Waals surface area contributed by atoms with Crippen LogP contribution in [0.25, 0.3) is 0 Å². The van der Waals surface area contributed by atoms with Gasteiger partial charge in [0.05, 0.1) is 12.0 Å². The van der Waals surface area contributed by atoms with E-state index in [2.05, 4.69) is 5.32 Å². The summed E-state index contributed by atoms with van der Waals surface area (Å²) in [7, 11) is 0. The highest BCUT2D eigenvalue weighted by Gasteiger charge is 2.28.